The molecule has 1 N–H and O–H groups in total. The quantitative estimate of drug-likeness (QED) is 0.376. The highest BCUT2D eigenvalue weighted by molar-refractivity contribution is 6.33. The minimum absolute atomic E-state index is 0.103. The standard InChI is InChI=1S/C26H27ClN4O3/c1-15-6-10-22(21(27)12-15)29-26(32)11-9-19-16(2)28-25-14-23(30-31(25)17(19)3)20-8-7-18(33-4)13-24(20)34-5/h6-8,10,12-14H,9,11H2,1-5H3,(H,29,32). The molecule has 0 unspecified atom stereocenters. The van der Waals surface area contributed by atoms with Crippen LogP contribution >= 0.6 is 11.6 Å². The van der Waals surface area contributed by atoms with E-state index in [9.17, 15) is 4.79 Å². The Labute approximate surface area is 203 Å². The predicted octanol–water partition coefficient (Wildman–Crippen LogP) is 5.56. The number of methoxy groups -OCH3 is 2. The van der Waals surface area contributed by atoms with Crippen LogP contribution in [-0.4, -0.2) is 34.7 Å². The molecule has 2 aromatic heterocycles. The second-order valence-electron chi connectivity index (χ2n) is 8.16. The highest BCUT2D eigenvalue weighted by Crippen LogP contribution is 2.33. The van der Waals surface area contributed by atoms with Gasteiger partial charge in [0.05, 0.1) is 30.6 Å². The normalized spacial score (nSPS) is 11.0. The number of fused-ring (bicyclic) bond motifs is 1. The van der Waals surface area contributed by atoms with Gasteiger partial charge in [-0.25, -0.2) is 9.50 Å². The van der Waals surface area contributed by atoms with Crippen molar-refractivity contribution in [3.05, 3.63) is 70.0 Å². The Balaban J connectivity index is 1.58. The third-order valence-electron chi connectivity index (χ3n) is 5.85. The monoisotopic (exact) mass is 478 g/mol. The number of aromatic nitrogens is 3. The van der Waals surface area contributed by atoms with Gasteiger partial charge >= 0.3 is 0 Å². The molecule has 0 spiro atoms. The third kappa shape index (κ3) is 4.70. The van der Waals surface area contributed by atoms with Crippen LogP contribution in [0.5, 0.6) is 11.5 Å². The van der Waals surface area contributed by atoms with Crippen LogP contribution in [0.2, 0.25) is 5.02 Å². The van der Waals surface area contributed by atoms with Gasteiger partial charge < -0.3 is 14.8 Å². The third-order valence-corrected chi connectivity index (χ3v) is 6.16. The van der Waals surface area contributed by atoms with Crippen LogP contribution in [0.15, 0.2) is 42.5 Å². The molecule has 2 heterocycles. The van der Waals surface area contributed by atoms with E-state index in [1.165, 1.54) is 0 Å². The van der Waals surface area contributed by atoms with Gasteiger partial charge in [-0.05, 0) is 62.6 Å². The lowest BCUT2D eigenvalue weighted by atomic mass is 10.1. The van der Waals surface area contributed by atoms with Crippen LogP contribution in [-0.2, 0) is 11.2 Å². The van der Waals surface area contributed by atoms with Crippen LogP contribution in [0.1, 0.15) is 28.9 Å². The van der Waals surface area contributed by atoms with Crippen LogP contribution < -0.4 is 14.8 Å². The molecule has 0 atom stereocenters. The topological polar surface area (TPSA) is 77.8 Å². The zero-order valence-electron chi connectivity index (χ0n) is 19.9. The molecule has 0 radical (unpaired) electrons. The number of amides is 1. The number of carbonyl (C=O) groups excluding carboxylic acids is 1. The first-order chi connectivity index (χ1) is 16.3. The van der Waals surface area contributed by atoms with Gasteiger partial charge in [-0.3, -0.25) is 4.79 Å². The lowest BCUT2D eigenvalue weighted by Gasteiger charge is -2.12. The summed E-state index contributed by atoms with van der Waals surface area (Å²) in [6, 6.07) is 13.1. The fraction of sp³-hybridized carbons (Fsp3) is 0.269. The number of rotatable bonds is 7. The van der Waals surface area contributed by atoms with Crippen LogP contribution in [0.25, 0.3) is 16.9 Å². The Bertz CT molecular complexity index is 1380. The number of hydrogen-bond acceptors (Lipinski definition) is 5. The van der Waals surface area contributed by atoms with Crippen molar-refractivity contribution in [2.45, 2.75) is 33.6 Å². The Morgan fingerprint density at radius 3 is 2.56 bits per heavy atom. The number of aryl methyl sites for hydroxylation is 3. The number of hydrogen-bond donors (Lipinski definition) is 1. The molecule has 7 nitrogen and oxygen atoms in total. The van der Waals surface area contributed by atoms with E-state index in [-0.39, 0.29) is 5.91 Å². The van der Waals surface area contributed by atoms with Gasteiger partial charge in [-0.2, -0.15) is 5.10 Å². The van der Waals surface area contributed by atoms with E-state index in [1.807, 2.05) is 67.8 Å². The largest absolute Gasteiger partial charge is 0.497 e. The molecule has 0 aliphatic heterocycles. The SMILES string of the molecule is COc1ccc(-c2cc3nc(C)c(CCC(=O)Nc4ccc(C)cc4Cl)c(C)n3n2)c(OC)c1. The van der Waals surface area contributed by atoms with Crippen LogP contribution in [0, 0.1) is 20.8 Å². The number of ether oxygens (including phenoxy) is 2. The van der Waals surface area contributed by atoms with E-state index in [1.54, 1.807) is 14.2 Å². The van der Waals surface area contributed by atoms with Crippen molar-refractivity contribution in [1.82, 2.24) is 14.6 Å². The molecule has 4 aromatic rings. The molecular weight excluding hydrogens is 452 g/mol. The number of nitrogens with zero attached hydrogens (tertiary/aromatic N) is 3. The minimum Gasteiger partial charge on any atom is -0.497 e. The van der Waals surface area contributed by atoms with Crippen LogP contribution in [0.4, 0.5) is 5.69 Å². The highest BCUT2D eigenvalue weighted by atomic mass is 35.5. The maximum absolute atomic E-state index is 12.6. The maximum atomic E-state index is 12.6. The first kappa shape index (κ1) is 23.6. The van der Waals surface area contributed by atoms with E-state index in [2.05, 4.69) is 5.32 Å². The molecule has 0 saturated carbocycles. The zero-order valence-corrected chi connectivity index (χ0v) is 20.7. The first-order valence-corrected chi connectivity index (χ1v) is 11.3. The first-order valence-electron chi connectivity index (χ1n) is 10.9. The molecule has 34 heavy (non-hydrogen) atoms. The van der Waals surface area contributed by atoms with Crippen molar-refractivity contribution in [3.8, 4) is 22.8 Å². The van der Waals surface area contributed by atoms with Gasteiger partial charge in [0.2, 0.25) is 5.91 Å². The Morgan fingerprint density at radius 2 is 1.85 bits per heavy atom. The molecule has 2 aromatic carbocycles. The summed E-state index contributed by atoms with van der Waals surface area (Å²) in [5, 5.41) is 8.20. The van der Waals surface area contributed by atoms with Crippen molar-refractivity contribution < 1.29 is 14.3 Å². The zero-order chi connectivity index (χ0) is 24.4. The number of halogens is 1. The van der Waals surface area contributed by atoms with Gasteiger partial charge in [-0.15, -0.1) is 0 Å². The average molecular weight is 479 g/mol. The van der Waals surface area contributed by atoms with E-state index >= 15 is 0 Å². The molecule has 0 aliphatic carbocycles. The fourth-order valence-electron chi connectivity index (χ4n) is 4.00. The highest BCUT2D eigenvalue weighted by Gasteiger charge is 2.17. The second kappa shape index (κ2) is 9.73. The summed E-state index contributed by atoms with van der Waals surface area (Å²) in [4.78, 5) is 17.3. The van der Waals surface area contributed by atoms with Gasteiger partial charge in [0.15, 0.2) is 5.65 Å². The van der Waals surface area contributed by atoms with Gasteiger partial charge in [-0.1, -0.05) is 17.7 Å². The number of benzene rings is 2. The van der Waals surface area contributed by atoms with Crippen molar-refractivity contribution in [1.29, 1.82) is 0 Å². The average Bonchev–Trinajstić information content (AvgIpc) is 3.24. The molecule has 1 amide bonds. The van der Waals surface area contributed by atoms with E-state index < -0.39 is 0 Å². The van der Waals surface area contributed by atoms with Crippen molar-refractivity contribution in [2.75, 3.05) is 19.5 Å². The summed E-state index contributed by atoms with van der Waals surface area (Å²) in [5.41, 5.74) is 6.81. The molecule has 0 aliphatic rings. The van der Waals surface area contributed by atoms with Gasteiger partial charge in [0.1, 0.15) is 11.5 Å². The van der Waals surface area contributed by atoms with Gasteiger partial charge in [0, 0.05) is 35.5 Å². The van der Waals surface area contributed by atoms with Crippen LogP contribution in [0.3, 0.4) is 0 Å². The molecule has 8 heteroatoms. The summed E-state index contributed by atoms with van der Waals surface area (Å²) >= 11 is 6.25. The molecule has 0 saturated heterocycles. The van der Waals surface area contributed by atoms with Crippen molar-refractivity contribution in [2.24, 2.45) is 0 Å². The molecule has 0 bridgehead atoms. The predicted molar refractivity (Wildman–Crippen MR) is 134 cm³/mol. The van der Waals surface area contributed by atoms with E-state index in [0.717, 1.165) is 39.4 Å². The fourth-order valence-corrected chi connectivity index (χ4v) is 4.29. The van der Waals surface area contributed by atoms with E-state index in [0.29, 0.717) is 35.1 Å². The van der Waals surface area contributed by atoms with Crippen molar-refractivity contribution >= 4 is 28.8 Å². The molecule has 0 fully saturated rings. The minimum atomic E-state index is -0.103. The van der Waals surface area contributed by atoms with Crippen molar-refractivity contribution in [3.63, 3.8) is 0 Å². The summed E-state index contributed by atoms with van der Waals surface area (Å²) in [6.07, 6.45) is 0.844. The number of nitrogens with one attached hydrogen (secondary N) is 1. The number of anilines is 1. The second-order valence-corrected chi connectivity index (χ2v) is 8.57. The lowest BCUT2D eigenvalue weighted by molar-refractivity contribution is -0.116. The summed E-state index contributed by atoms with van der Waals surface area (Å²) < 4.78 is 12.7. The lowest BCUT2D eigenvalue weighted by Crippen LogP contribution is -2.14. The Kier molecular flexibility index (Phi) is 6.75. The van der Waals surface area contributed by atoms with E-state index in [4.69, 9.17) is 31.2 Å². The maximum Gasteiger partial charge on any atom is 0.224 e. The smallest absolute Gasteiger partial charge is 0.224 e. The molecular formula is C26H27ClN4O3. The summed E-state index contributed by atoms with van der Waals surface area (Å²) in [7, 11) is 3.24. The molecule has 4 rings (SSSR count). The Hall–Kier alpha value is -3.58. The van der Waals surface area contributed by atoms with Gasteiger partial charge in [0.25, 0.3) is 0 Å². The summed E-state index contributed by atoms with van der Waals surface area (Å²) in [6.45, 7) is 5.91. The number of carbonyl (C=O) groups is 1. The molecule has 176 valence electrons. The summed E-state index contributed by atoms with van der Waals surface area (Å²) in [5.74, 6) is 1.28. The Morgan fingerprint density at radius 1 is 1.06 bits per heavy atom.